The van der Waals surface area contributed by atoms with E-state index in [1.165, 1.54) is 6.08 Å². The van der Waals surface area contributed by atoms with Gasteiger partial charge in [0, 0.05) is 42.5 Å². The van der Waals surface area contributed by atoms with Crippen LogP contribution in [0.15, 0.2) is 43.1 Å². The number of fused-ring (bicyclic) bond motifs is 1. The Kier molecular flexibility index (Phi) is 4.12. The molecule has 1 amide bonds. The maximum absolute atomic E-state index is 12.2. The number of carbonyl (C=O) groups is 2. The van der Waals surface area contributed by atoms with Gasteiger partial charge in [0.2, 0.25) is 5.91 Å². The first-order valence-corrected chi connectivity index (χ1v) is 7.92. The number of aromatic nitrogens is 1. The molecular weight excluding hydrogens is 295 g/mol. The highest BCUT2D eigenvalue weighted by Gasteiger charge is 2.30. The summed E-state index contributed by atoms with van der Waals surface area (Å²) < 4.78 is 1.99. The van der Waals surface area contributed by atoms with Crippen LogP contribution in [-0.2, 0) is 16.1 Å². The molecule has 2 heterocycles. The summed E-state index contributed by atoms with van der Waals surface area (Å²) >= 11 is 0. The molecule has 4 nitrogen and oxygen atoms in total. The molecule has 22 heavy (non-hydrogen) atoms. The Morgan fingerprint density at radius 2 is 2.09 bits per heavy atom. The normalized spacial score (nSPS) is 14.9. The fourth-order valence-corrected chi connectivity index (χ4v) is 3.22. The summed E-state index contributed by atoms with van der Waals surface area (Å²) in [6.45, 7) is 5.20. The summed E-state index contributed by atoms with van der Waals surface area (Å²) in [5.41, 5.74) is 1.08. The largest absolute Gasteiger partial charge is 0.340 e. The fraction of sp³-hybridized carbons (Fsp3) is 0.294. The minimum Gasteiger partial charge on any atom is -0.340 e. The van der Waals surface area contributed by atoms with E-state index in [4.69, 9.17) is 0 Å². The van der Waals surface area contributed by atoms with Crippen molar-refractivity contribution in [2.45, 2.75) is 13.0 Å². The second-order valence-corrected chi connectivity index (χ2v) is 6.48. The highest BCUT2D eigenvalue weighted by Crippen LogP contribution is 2.21. The van der Waals surface area contributed by atoms with E-state index in [0.29, 0.717) is 26.1 Å². The molecular formula is C17H19N2O2P. The zero-order chi connectivity index (χ0) is 15.7. The lowest BCUT2D eigenvalue weighted by Gasteiger charge is -2.38. The molecule has 1 aliphatic heterocycles. The highest BCUT2D eigenvalue weighted by atomic mass is 31.0. The Balaban J connectivity index is 1.58. The minimum atomic E-state index is -0.0478. The van der Waals surface area contributed by atoms with Gasteiger partial charge in [0.25, 0.3) is 0 Å². The Bertz CT molecular complexity index is 744. The van der Waals surface area contributed by atoms with Crippen LogP contribution in [0, 0.1) is 5.92 Å². The molecule has 0 aliphatic carbocycles. The van der Waals surface area contributed by atoms with Crippen LogP contribution >= 0.6 is 9.24 Å². The van der Waals surface area contributed by atoms with Crippen molar-refractivity contribution in [2.75, 3.05) is 13.1 Å². The Morgan fingerprint density at radius 1 is 1.32 bits per heavy atom. The lowest BCUT2D eigenvalue weighted by Crippen LogP contribution is -2.50. The van der Waals surface area contributed by atoms with E-state index < -0.39 is 0 Å². The Morgan fingerprint density at radius 3 is 2.82 bits per heavy atom. The molecule has 1 saturated heterocycles. The van der Waals surface area contributed by atoms with Crippen molar-refractivity contribution >= 4 is 37.1 Å². The molecule has 0 spiro atoms. The molecule has 0 radical (unpaired) electrons. The molecule has 1 fully saturated rings. The molecule has 1 atom stereocenters. The molecule has 1 aliphatic rings. The molecule has 0 saturated carbocycles. The number of nitrogens with zero attached hydrogens (tertiary/aromatic N) is 2. The lowest BCUT2D eigenvalue weighted by molar-refractivity contribution is -0.134. The number of hydrogen-bond donors (Lipinski definition) is 0. The number of benzene rings is 1. The third-order valence-electron chi connectivity index (χ3n) is 4.10. The van der Waals surface area contributed by atoms with Crippen LogP contribution in [0.25, 0.3) is 10.9 Å². The predicted molar refractivity (Wildman–Crippen MR) is 91.2 cm³/mol. The Hall–Kier alpha value is -1.93. The quantitative estimate of drug-likeness (QED) is 0.623. The van der Waals surface area contributed by atoms with Gasteiger partial charge in [-0.3, -0.25) is 9.59 Å². The van der Waals surface area contributed by atoms with Crippen molar-refractivity contribution in [1.82, 2.24) is 9.47 Å². The summed E-state index contributed by atoms with van der Waals surface area (Å²) in [6, 6.07) is 8.19. The van der Waals surface area contributed by atoms with Gasteiger partial charge in [-0.2, -0.15) is 0 Å². The first kappa shape index (κ1) is 15.0. The molecule has 1 aromatic heterocycles. The molecule has 1 aromatic carbocycles. The average molecular weight is 314 g/mol. The van der Waals surface area contributed by atoms with Gasteiger partial charge in [0.15, 0.2) is 5.78 Å². The van der Waals surface area contributed by atoms with Crippen molar-refractivity contribution in [1.29, 1.82) is 0 Å². The average Bonchev–Trinajstić information content (AvgIpc) is 2.83. The monoisotopic (exact) mass is 314 g/mol. The number of carbonyl (C=O) groups excluding carboxylic acids is 2. The van der Waals surface area contributed by atoms with Gasteiger partial charge in [0.05, 0.1) is 6.54 Å². The molecule has 3 rings (SSSR count). The number of hydrogen-bond acceptors (Lipinski definition) is 2. The van der Waals surface area contributed by atoms with E-state index in [-0.39, 0.29) is 17.6 Å². The van der Waals surface area contributed by atoms with E-state index >= 15 is 0 Å². The summed E-state index contributed by atoms with van der Waals surface area (Å²) in [5.74, 6) is 0.452. The van der Waals surface area contributed by atoms with Crippen molar-refractivity contribution in [3.05, 3.63) is 43.1 Å². The van der Waals surface area contributed by atoms with Crippen molar-refractivity contribution in [3.8, 4) is 0 Å². The number of rotatable bonds is 5. The number of Topliss-reactive ketones (excluding diaryl/α,β-unsaturated/α-hetero) is 1. The summed E-state index contributed by atoms with van der Waals surface area (Å²) in [4.78, 5) is 25.3. The van der Waals surface area contributed by atoms with Crippen LogP contribution in [0.3, 0.4) is 0 Å². The number of likely N-dealkylation sites (tertiary alicyclic amines) is 1. The third kappa shape index (κ3) is 2.97. The van der Waals surface area contributed by atoms with Crippen molar-refractivity contribution in [2.24, 2.45) is 5.92 Å². The SMILES string of the molecule is C=CC(=O)N1CC(CC(=O)Cn2ccc3cc(P)ccc32)C1. The van der Waals surface area contributed by atoms with E-state index in [2.05, 4.69) is 21.9 Å². The predicted octanol–water partition coefficient (Wildman–Crippen LogP) is 1.75. The van der Waals surface area contributed by atoms with E-state index in [1.807, 2.05) is 29.0 Å². The van der Waals surface area contributed by atoms with Crippen molar-refractivity contribution in [3.63, 3.8) is 0 Å². The van der Waals surface area contributed by atoms with Crippen LogP contribution in [-0.4, -0.2) is 34.2 Å². The second-order valence-electron chi connectivity index (χ2n) is 5.82. The Labute approximate surface area is 132 Å². The topological polar surface area (TPSA) is 42.3 Å². The second kappa shape index (κ2) is 6.05. The molecule has 114 valence electrons. The van der Waals surface area contributed by atoms with E-state index in [0.717, 1.165) is 16.2 Å². The van der Waals surface area contributed by atoms with Crippen LogP contribution in [0.5, 0.6) is 0 Å². The highest BCUT2D eigenvalue weighted by molar-refractivity contribution is 7.27. The van der Waals surface area contributed by atoms with E-state index in [9.17, 15) is 9.59 Å². The van der Waals surface area contributed by atoms with E-state index in [1.54, 1.807) is 4.90 Å². The minimum absolute atomic E-state index is 0.0478. The van der Waals surface area contributed by atoms with Crippen LogP contribution in [0.1, 0.15) is 6.42 Å². The lowest BCUT2D eigenvalue weighted by atomic mass is 9.94. The molecule has 1 unspecified atom stereocenters. The first-order valence-electron chi connectivity index (χ1n) is 7.34. The maximum atomic E-state index is 12.2. The molecule has 0 N–H and O–H groups in total. The van der Waals surface area contributed by atoms with Crippen molar-refractivity contribution < 1.29 is 9.59 Å². The van der Waals surface area contributed by atoms with Gasteiger partial charge in [-0.1, -0.05) is 12.6 Å². The maximum Gasteiger partial charge on any atom is 0.245 e. The fourth-order valence-electron chi connectivity index (χ4n) is 2.94. The van der Waals surface area contributed by atoms with Gasteiger partial charge in [-0.05, 0) is 29.6 Å². The molecule has 2 aromatic rings. The summed E-state index contributed by atoms with van der Waals surface area (Å²) in [6.07, 6.45) is 3.81. The van der Waals surface area contributed by atoms with Gasteiger partial charge >= 0.3 is 0 Å². The van der Waals surface area contributed by atoms with Gasteiger partial charge in [0.1, 0.15) is 0 Å². The summed E-state index contributed by atoms with van der Waals surface area (Å²) in [5, 5.41) is 2.28. The molecule has 5 heteroatoms. The standard InChI is InChI=1S/C17H19N2O2P/c1-2-17(21)19-9-12(10-19)7-14(20)11-18-6-5-13-8-15(22)3-4-16(13)18/h2-6,8,12H,1,7,9-11,22H2. The zero-order valence-corrected chi connectivity index (χ0v) is 13.5. The van der Waals surface area contributed by atoms with Gasteiger partial charge in [-0.15, -0.1) is 9.24 Å². The zero-order valence-electron chi connectivity index (χ0n) is 12.4. The van der Waals surface area contributed by atoms with Crippen LogP contribution in [0.2, 0.25) is 0 Å². The van der Waals surface area contributed by atoms with Crippen LogP contribution < -0.4 is 5.30 Å². The third-order valence-corrected chi connectivity index (χ3v) is 4.46. The van der Waals surface area contributed by atoms with Crippen LogP contribution in [0.4, 0.5) is 0 Å². The number of ketones is 1. The summed E-state index contributed by atoms with van der Waals surface area (Å²) in [7, 11) is 2.68. The van der Waals surface area contributed by atoms with Gasteiger partial charge < -0.3 is 9.47 Å². The first-order chi connectivity index (χ1) is 10.6. The number of amides is 1. The van der Waals surface area contributed by atoms with Gasteiger partial charge in [-0.25, -0.2) is 0 Å². The molecule has 0 bridgehead atoms. The smallest absolute Gasteiger partial charge is 0.245 e.